The molecule has 0 bridgehead atoms. The molecule has 0 amide bonds. The molecule has 0 radical (unpaired) electrons. The van der Waals surface area contributed by atoms with Crippen LogP contribution in [0.25, 0.3) is 0 Å². The minimum atomic E-state index is -0.0255. The van der Waals surface area contributed by atoms with E-state index < -0.39 is 0 Å². The van der Waals surface area contributed by atoms with Gasteiger partial charge in [0.1, 0.15) is 5.76 Å². The van der Waals surface area contributed by atoms with E-state index in [0.717, 1.165) is 18.6 Å². The molecule has 2 unspecified atom stereocenters. The number of hydrogen-bond acceptors (Lipinski definition) is 2. The third-order valence-corrected chi connectivity index (χ3v) is 2.52. The Balaban J connectivity index is 2.53. The van der Waals surface area contributed by atoms with E-state index >= 15 is 0 Å². The monoisotopic (exact) mass is 201 g/mol. The summed E-state index contributed by atoms with van der Waals surface area (Å²) in [5.41, 5.74) is 5.93. The first-order chi connectivity index (χ1) is 6.13. The molecular weight excluding hydrogens is 186 g/mol. The minimum Gasteiger partial charge on any atom is -0.448 e. The molecule has 0 spiro atoms. The van der Waals surface area contributed by atoms with Gasteiger partial charge in [-0.25, -0.2) is 0 Å². The molecule has 1 aromatic heterocycles. The second-order valence-corrected chi connectivity index (χ2v) is 3.87. The number of nitrogens with two attached hydrogens (primary N) is 1. The topological polar surface area (TPSA) is 39.2 Å². The van der Waals surface area contributed by atoms with Crippen molar-refractivity contribution in [3.8, 4) is 0 Å². The zero-order valence-electron chi connectivity index (χ0n) is 8.09. The van der Waals surface area contributed by atoms with Crippen molar-refractivity contribution >= 4 is 11.6 Å². The molecule has 2 N–H and O–H groups in total. The highest BCUT2D eigenvalue weighted by atomic mass is 35.5. The van der Waals surface area contributed by atoms with Crippen LogP contribution in [0.15, 0.2) is 16.5 Å². The first kappa shape index (κ1) is 10.6. The van der Waals surface area contributed by atoms with Crippen LogP contribution >= 0.6 is 11.6 Å². The van der Waals surface area contributed by atoms with E-state index in [9.17, 15) is 0 Å². The van der Waals surface area contributed by atoms with Crippen LogP contribution in [0.1, 0.15) is 38.5 Å². The fraction of sp³-hybridized carbons (Fsp3) is 0.600. The van der Waals surface area contributed by atoms with Crippen molar-refractivity contribution in [2.45, 2.75) is 32.7 Å². The lowest BCUT2D eigenvalue weighted by atomic mass is 9.99. The van der Waals surface area contributed by atoms with Crippen LogP contribution in [0.2, 0.25) is 5.22 Å². The van der Waals surface area contributed by atoms with Gasteiger partial charge in [-0.2, -0.15) is 0 Å². The van der Waals surface area contributed by atoms with Gasteiger partial charge in [0.25, 0.3) is 0 Å². The molecular formula is C10H16ClNO. The van der Waals surface area contributed by atoms with Gasteiger partial charge in [0.2, 0.25) is 0 Å². The Morgan fingerprint density at radius 1 is 1.54 bits per heavy atom. The molecule has 2 nitrogen and oxygen atoms in total. The minimum absolute atomic E-state index is 0.0255. The standard InChI is InChI=1S/C10H16ClNO/c1-3-7(2)6-8(12)9-4-5-10(11)13-9/h4-5,7-8H,3,6,12H2,1-2H3. The van der Waals surface area contributed by atoms with Gasteiger partial charge in [-0.15, -0.1) is 0 Å². The van der Waals surface area contributed by atoms with E-state index in [-0.39, 0.29) is 6.04 Å². The van der Waals surface area contributed by atoms with Crippen LogP contribution < -0.4 is 5.73 Å². The SMILES string of the molecule is CCC(C)CC(N)c1ccc(Cl)o1. The van der Waals surface area contributed by atoms with Crippen LogP contribution in [0.4, 0.5) is 0 Å². The maximum Gasteiger partial charge on any atom is 0.193 e. The molecule has 0 saturated heterocycles. The van der Waals surface area contributed by atoms with Crippen molar-refractivity contribution in [1.29, 1.82) is 0 Å². The normalized spacial score (nSPS) is 15.7. The number of halogens is 1. The van der Waals surface area contributed by atoms with E-state index in [1.54, 1.807) is 6.07 Å². The number of furan rings is 1. The van der Waals surface area contributed by atoms with Crippen molar-refractivity contribution in [3.63, 3.8) is 0 Å². The molecule has 1 aromatic rings. The van der Waals surface area contributed by atoms with Gasteiger partial charge in [-0.3, -0.25) is 0 Å². The van der Waals surface area contributed by atoms with Gasteiger partial charge in [-0.1, -0.05) is 20.3 Å². The molecule has 13 heavy (non-hydrogen) atoms. The fourth-order valence-electron chi connectivity index (χ4n) is 1.24. The highest BCUT2D eigenvalue weighted by Crippen LogP contribution is 2.24. The Bertz CT molecular complexity index is 259. The van der Waals surface area contributed by atoms with Gasteiger partial charge in [0.15, 0.2) is 5.22 Å². The summed E-state index contributed by atoms with van der Waals surface area (Å²) >= 11 is 5.65. The summed E-state index contributed by atoms with van der Waals surface area (Å²) in [7, 11) is 0. The maximum atomic E-state index is 5.93. The van der Waals surface area contributed by atoms with Gasteiger partial charge in [-0.05, 0) is 36.1 Å². The summed E-state index contributed by atoms with van der Waals surface area (Å²) in [6.45, 7) is 4.34. The molecule has 0 saturated carbocycles. The average molecular weight is 202 g/mol. The second kappa shape index (κ2) is 4.68. The molecule has 0 aromatic carbocycles. The van der Waals surface area contributed by atoms with Crippen molar-refractivity contribution in [1.82, 2.24) is 0 Å². The summed E-state index contributed by atoms with van der Waals surface area (Å²) in [5, 5.41) is 0.412. The van der Waals surface area contributed by atoms with Crippen molar-refractivity contribution in [3.05, 3.63) is 23.1 Å². The lowest BCUT2D eigenvalue weighted by Gasteiger charge is -2.13. The molecule has 0 aliphatic carbocycles. The third kappa shape index (κ3) is 3.05. The Kier molecular flexibility index (Phi) is 3.82. The van der Waals surface area contributed by atoms with E-state index in [0.29, 0.717) is 11.1 Å². The van der Waals surface area contributed by atoms with Crippen LogP contribution in [0.5, 0.6) is 0 Å². The van der Waals surface area contributed by atoms with E-state index in [1.807, 2.05) is 6.07 Å². The van der Waals surface area contributed by atoms with Gasteiger partial charge < -0.3 is 10.2 Å². The van der Waals surface area contributed by atoms with Crippen LogP contribution in [-0.4, -0.2) is 0 Å². The number of rotatable bonds is 4. The lowest BCUT2D eigenvalue weighted by molar-refractivity contribution is 0.397. The highest BCUT2D eigenvalue weighted by molar-refractivity contribution is 6.28. The molecule has 3 heteroatoms. The average Bonchev–Trinajstić information content (AvgIpc) is 2.51. The van der Waals surface area contributed by atoms with E-state index in [2.05, 4.69) is 13.8 Å². The summed E-state index contributed by atoms with van der Waals surface area (Å²) in [6.07, 6.45) is 2.09. The summed E-state index contributed by atoms with van der Waals surface area (Å²) in [4.78, 5) is 0. The highest BCUT2D eigenvalue weighted by Gasteiger charge is 2.13. The Labute approximate surface area is 84.1 Å². The molecule has 0 fully saturated rings. The first-order valence-corrected chi connectivity index (χ1v) is 5.02. The first-order valence-electron chi connectivity index (χ1n) is 4.64. The largest absolute Gasteiger partial charge is 0.448 e. The van der Waals surface area contributed by atoms with Crippen LogP contribution in [-0.2, 0) is 0 Å². The molecule has 0 aliphatic heterocycles. The summed E-state index contributed by atoms with van der Waals surface area (Å²) in [6, 6.07) is 3.55. The number of hydrogen-bond donors (Lipinski definition) is 1. The van der Waals surface area contributed by atoms with Gasteiger partial charge >= 0.3 is 0 Å². The van der Waals surface area contributed by atoms with Crippen LogP contribution in [0, 0.1) is 5.92 Å². The molecule has 1 rings (SSSR count). The fourth-order valence-corrected chi connectivity index (χ4v) is 1.40. The van der Waals surface area contributed by atoms with Crippen molar-refractivity contribution in [2.24, 2.45) is 11.7 Å². The van der Waals surface area contributed by atoms with Crippen molar-refractivity contribution in [2.75, 3.05) is 0 Å². The smallest absolute Gasteiger partial charge is 0.193 e. The molecule has 2 atom stereocenters. The van der Waals surface area contributed by atoms with Crippen molar-refractivity contribution < 1.29 is 4.42 Å². The Morgan fingerprint density at radius 3 is 2.69 bits per heavy atom. The predicted octanol–water partition coefficient (Wildman–Crippen LogP) is 3.37. The van der Waals surface area contributed by atoms with E-state index in [4.69, 9.17) is 21.8 Å². The van der Waals surface area contributed by atoms with Crippen LogP contribution in [0.3, 0.4) is 0 Å². The summed E-state index contributed by atoms with van der Waals surface area (Å²) < 4.78 is 5.23. The lowest BCUT2D eigenvalue weighted by Crippen LogP contribution is -2.12. The Hall–Kier alpha value is -0.470. The molecule has 74 valence electrons. The third-order valence-electron chi connectivity index (χ3n) is 2.31. The zero-order chi connectivity index (χ0) is 9.84. The predicted molar refractivity (Wildman–Crippen MR) is 54.7 cm³/mol. The maximum absolute atomic E-state index is 5.93. The zero-order valence-corrected chi connectivity index (χ0v) is 8.84. The summed E-state index contributed by atoms with van der Waals surface area (Å²) in [5.74, 6) is 1.41. The Morgan fingerprint density at radius 2 is 2.23 bits per heavy atom. The van der Waals surface area contributed by atoms with E-state index in [1.165, 1.54) is 0 Å². The second-order valence-electron chi connectivity index (χ2n) is 3.50. The quantitative estimate of drug-likeness (QED) is 0.812. The molecule has 1 heterocycles. The molecule has 0 aliphatic rings. The van der Waals surface area contributed by atoms with Gasteiger partial charge in [0.05, 0.1) is 6.04 Å². The van der Waals surface area contributed by atoms with Gasteiger partial charge in [0, 0.05) is 0 Å².